The number of hydrogen-bond donors (Lipinski definition) is 0. The number of hydrogen-bond acceptors (Lipinski definition) is 4. The first-order valence-corrected chi connectivity index (χ1v) is 9.76. The molecule has 2 aliphatic heterocycles. The van der Waals surface area contributed by atoms with Crippen LogP contribution in [0.5, 0.6) is 0 Å². The van der Waals surface area contributed by atoms with Crippen LogP contribution in [0.25, 0.3) is 16.6 Å². The first kappa shape index (κ1) is 18.7. The Labute approximate surface area is 167 Å². The Bertz CT molecular complexity index is 1060. The highest BCUT2D eigenvalue weighted by atomic mass is 35.5. The summed E-state index contributed by atoms with van der Waals surface area (Å²) in [5, 5.41) is 0.970. The van der Waals surface area contributed by atoms with Gasteiger partial charge in [0.2, 0.25) is 11.8 Å². The molecule has 0 aliphatic carbocycles. The third-order valence-corrected chi connectivity index (χ3v) is 5.57. The molecule has 4 rings (SSSR count). The maximum absolute atomic E-state index is 12.5. The highest BCUT2D eigenvalue weighted by Crippen LogP contribution is 2.24. The number of halogens is 1. The molecule has 8 heteroatoms. The quantitative estimate of drug-likeness (QED) is 0.790. The van der Waals surface area contributed by atoms with Crippen LogP contribution in [0.1, 0.15) is 25.1 Å². The molecule has 0 unspecified atom stereocenters. The molecule has 0 spiro atoms. The van der Waals surface area contributed by atoms with Crippen molar-refractivity contribution < 1.29 is 9.59 Å². The van der Waals surface area contributed by atoms with Crippen molar-refractivity contribution in [3.63, 3.8) is 0 Å². The van der Waals surface area contributed by atoms with Gasteiger partial charge in [-0.3, -0.25) is 14.4 Å². The topological polar surface area (TPSA) is 75.5 Å². The number of fused-ring (bicyclic) bond motifs is 1. The Morgan fingerprint density at radius 1 is 1.21 bits per heavy atom. The van der Waals surface area contributed by atoms with Crippen molar-refractivity contribution in [2.24, 2.45) is 0 Å². The van der Waals surface area contributed by atoms with E-state index in [1.54, 1.807) is 28.9 Å². The van der Waals surface area contributed by atoms with E-state index in [0.717, 1.165) is 17.6 Å². The van der Waals surface area contributed by atoms with Gasteiger partial charge >= 0.3 is 0 Å². The summed E-state index contributed by atoms with van der Waals surface area (Å²) in [4.78, 5) is 44.0. The Morgan fingerprint density at radius 2 is 2.04 bits per heavy atom. The highest BCUT2D eigenvalue weighted by Gasteiger charge is 2.26. The molecule has 3 heterocycles. The zero-order valence-corrected chi connectivity index (χ0v) is 16.4. The number of amides is 2. The van der Waals surface area contributed by atoms with Crippen molar-refractivity contribution in [1.82, 2.24) is 19.4 Å². The maximum atomic E-state index is 12.5. The van der Waals surface area contributed by atoms with Gasteiger partial charge in [-0.25, -0.2) is 0 Å². The fourth-order valence-electron chi connectivity index (χ4n) is 3.89. The molecule has 2 amide bonds. The second-order valence-corrected chi connectivity index (χ2v) is 7.60. The van der Waals surface area contributed by atoms with E-state index in [2.05, 4.69) is 4.98 Å². The molecule has 0 atom stereocenters. The van der Waals surface area contributed by atoms with Gasteiger partial charge in [-0.15, -0.1) is 0 Å². The molecule has 28 heavy (non-hydrogen) atoms. The Kier molecular flexibility index (Phi) is 4.93. The fraction of sp³-hybridized carbons (Fsp3) is 0.400. The van der Waals surface area contributed by atoms with Crippen LogP contribution >= 0.6 is 11.6 Å². The molecule has 0 saturated carbocycles. The molecule has 0 bridgehead atoms. The number of aryl methyl sites for hydroxylation is 1. The Hall–Kier alpha value is -2.67. The smallest absolute Gasteiger partial charge is 0.280 e. The van der Waals surface area contributed by atoms with E-state index in [1.165, 1.54) is 0 Å². The SMILES string of the molecule is Cc1nc(=O)c2cc(Cl)ccc2n1C1=CCN(C(=O)CN2CCCC2=O)CC1. The van der Waals surface area contributed by atoms with Gasteiger partial charge in [0.25, 0.3) is 5.56 Å². The first-order valence-electron chi connectivity index (χ1n) is 9.38. The van der Waals surface area contributed by atoms with E-state index in [4.69, 9.17) is 11.6 Å². The Balaban J connectivity index is 1.58. The van der Waals surface area contributed by atoms with Gasteiger partial charge in [-0.1, -0.05) is 11.6 Å². The van der Waals surface area contributed by atoms with Crippen LogP contribution < -0.4 is 5.56 Å². The predicted octanol–water partition coefficient (Wildman–Crippen LogP) is 2.05. The van der Waals surface area contributed by atoms with E-state index in [0.29, 0.717) is 48.7 Å². The van der Waals surface area contributed by atoms with E-state index in [1.807, 2.05) is 16.7 Å². The van der Waals surface area contributed by atoms with E-state index in [-0.39, 0.29) is 23.9 Å². The number of rotatable bonds is 3. The van der Waals surface area contributed by atoms with E-state index < -0.39 is 0 Å². The fourth-order valence-corrected chi connectivity index (χ4v) is 4.06. The van der Waals surface area contributed by atoms with Gasteiger partial charge in [-0.05, 0) is 37.6 Å². The summed E-state index contributed by atoms with van der Waals surface area (Å²) in [7, 11) is 0. The molecule has 0 N–H and O–H groups in total. The molecule has 1 aromatic heterocycles. The van der Waals surface area contributed by atoms with Crippen LogP contribution in [-0.2, 0) is 9.59 Å². The van der Waals surface area contributed by atoms with Crippen LogP contribution in [0.3, 0.4) is 0 Å². The second kappa shape index (κ2) is 7.39. The summed E-state index contributed by atoms with van der Waals surface area (Å²) in [6, 6.07) is 5.21. The van der Waals surface area contributed by atoms with Gasteiger partial charge < -0.3 is 14.4 Å². The molecule has 146 valence electrons. The summed E-state index contributed by atoms with van der Waals surface area (Å²) in [6.07, 6.45) is 3.99. The summed E-state index contributed by atoms with van der Waals surface area (Å²) in [5.41, 5.74) is 1.46. The minimum atomic E-state index is -0.297. The number of nitrogens with zero attached hydrogens (tertiary/aromatic N) is 4. The molecule has 1 aromatic carbocycles. The molecular formula is C20H21ClN4O3. The lowest BCUT2D eigenvalue weighted by Gasteiger charge is -2.29. The predicted molar refractivity (Wildman–Crippen MR) is 107 cm³/mol. The van der Waals surface area contributed by atoms with Crippen LogP contribution in [0.2, 0.25) is 5.02 Å². The first-order chi connectivity index (χ1) is 13.4. The van der Waals surface area contributed by atoms with Crippen LogP contribution in [0, 0.1) is 6.92 Å². The maximum Gasteiger partial charge on any atom is 0.280 e. The Morgan fingerprint density at radius 3 is 2.71 bits per heavy atom. The van der Waals surface area contributed by atoms with Crippen molar-refractivity contribution >= 4 is 40.0 Å². The molecule has 2 aromatic rings. The van der Waals surface area contributed by atoms with E-state index in [9.17, 15) is 14.4 Å². The zero-order valence-electron chi connectivity index (χ0n) is 15.7. The molecule has 1 fully saturated rings. The zero-order chi connectivity index (χ0) is 19.8. The van der Waals surface area contributed by atoms with Crippen LogP contribution in [-0.4, -0.2) is 57.3 Å². The van der Waals surface area contributed by atoms with Crippen molar-refractivity contribution in [3.8, 4) is 0 Å². The highest BCUT2D eigenvalue weighted by molar-refractivity contribution is 6.31. The third-order valence-electron chi connectivity index (χ3n) is 5.34. The normalized spacial score (nSPS) is 17.4. The van der Waals surface area contributed by atoms with Gasteiger partial charge in [-0.2, -0.15) is 4.98 Å². The lowest BCUT2D eigenvalue weighted by atomic mass is 10.1. The second-order valence-electron chi connectivity index (χ2n) is 7.17. The number of aromatic nitrogens is 2. The molecule has 7 nitrogen and oxygen atoms in total. The molecule has 0 radical (unpaired) electrons. The van der Waals surface area contributed by atoms with Gasteiger partial charge in [0.05, 0.1) is 17.4 Å². The number of carbonyl (C=O) groups is 2. The summed E-state index contributed by atoms with van der Waals surface area (Å²) in [6.45, 7) is 3.65. The van der Waals surface area contributed by atoms with Crippen molar-refractivity contribution in [3.05, 3.63) is 45.5 Å². The summed E-state index contributed by atoms with van der Waals surface area (Å²) < 4.78 is 1.96. The largest absolute Gasteiger partial charge is 0.337 e. The average Bonchev–Trinajstić information content (AvgIpc) is 3.07. The van der Waals surface area contributed by atoms with Gasteiger partial charge in [0.1, 0.15) is 5.82 Å². The monoisotopic (exact) mass is 400 g/mol. The van der Waals surface area contributed by atoms with Crippen molar-refractivity contribution in [2.75, 3.05) is 26.2 Å². The molecule has 2 aliphatic rings. The number of likely N-dealkylation sites (tertiary alicyclic amines) is 1. The standard InChI is InChI=1S/C20H21ClN4O3/c1-13-22-20(28)16-11-14(21)4-5-17(16)25(13)15-6-9-23(10-7-15)19(27)12-24-8-2-3-18(24)26/h4-6,11H,2-3,7-10,12H2,1H3. The lowest BCUT2D eigenvalue weighted by molar-refractivity contribution is -0.138. The van der Waals surface area contributed by atoms with Crippen molar-refractivity contribution in [2.45, 2.75) is 26.2 Å². The van der Waals surface area contributed by atoms with Crippen LogP contribution in [0.15, 0.2) is 29.1 Å². The van der Waals surface area contributed by atoms with E-state index >= 15 is 0 Å². The third kappa shape index (κ3) is 3.42. The van der Waals surface area contributed by atoms with Crippen LogP contribution in [0.4, 0.5) is 0 Å². The minimum absolute atomic E-state index is 0.0306. The number of carbonyl (C=O) groups excluding carboxylic acids is 2. The van der Waals surface area contributed by atoms with Crippen molar-refractivity contribution in [1.29, 1.82) is 0 Å². The molecule has 1 saturated heterocycles. The number of benzene rings is 1. The average molecular weight is 401 g/mol. The lowest BCUT2D eigenvalue weighted by Crippen LogP contribution is -2.42. The summed E-state index contributed by atoms with van der Waals surface area (Å²) in [5.74, 6) is 0.632. The van der Waals surface area contributed by atoms with Gasteiger partial charge in [0.15, 0.2) is 0 Å². The minimum Gasteiger partial charge on any atom is -0.337 e. The van der Waals surface area contributed by atoms with Gasteiger partial charge in [0, 0.05) is 43.2 Å². The molecular weight excluding hydrogens is 380 g/mol. The summed E-state index contributed by atoms with van der Waals surface area (Å²) >= 11 is 6.04.